The molecule has 6 heteroatoms. The molecule has 0 aromatic carbocycles. The van der Waals surface area contributed by atoms with Crippen LogP contribution in [0, 0.1) is 0 Å². The first-order valence-electron chi connectivity index (χ1n) is 6.43. The molecule has 1 amide bonds. The molecule has 1 unspecified atom stereocenters. The monoisotopic (exact) mass is 270 g/mol. The van der Waals surface area contributed by atoms with E-state index in [0.29, 0.717) is 15.8 Å². The van der Waals surface area contributed by atoms with Crippen LogP contribution in [-0.2, 0) is 0 Å². The van der Waals surface area contributed by atoms with Crippen LogP contribution in [0.3, 0.4) is 0 Å². The third-order valence-electron chi connectivity index (χ3n) is 2.65. The lowest BCUT2D eigenvalue weighted by atomic mass is 10.1. The molecular weight excluding hydrogens is 248 g/mol. The van der Waals surface area contributed by atoms with Gasteiger partial charge < -0.3 is 16.4 Å². The Labute approximate surface area is 112 Å². The Balaban J connectivity index is 2.70. The Morgan fingerprint density at radius 3 is 2.72 bits per heavy atom. The highest BCUT2D eigenvalue weighted by Crippen LogP contribution is 2.24. The van der Waals surface area contributed by atoms with E-state index in [2.05, 4.69) is 29.5 Å². The normalized spacial score (nSPS) is 12.2. The van der Waals surface area contributed by atoms with Gasteiger partial charge in [0.15, 0.2) is 5.13 Å². The molecular formula is C12H22N4OS. The largest absolute Gasteiger partial charge is 0.382 e. The van der Waals surface area contributed by atoms with E-state index in [1.807, 2.05) is 6.92 Å². The van der Waals surface area contributed by atoms with Gasteiger partial charge in [0.1, 0.15) is 10.7 Å². The summed E-state index contributed by atoms with van der Waals surface area (Å²) in [6.45, 7) is 6.92. The lowest BCUT2D eigenvalue weighted by molar-refractivity contribution is 0.0938. The molecule has 0 radical (unpaired) electrons. The summed E-state index contributed by atoms with van der Waals surface area (Å²) in [5, 5.41) is 6.77. The van der Waals surface area contributed by atoms with Gasteiger partial charge in [-0.1, -0.05) is 31.6 Å². The van der Waals surface area contributed by atoms with Crippen LogP contribution >= 0.6 is 11.3 Å². The molecule has 1 atom stereocenters. The number of carbonyl (C=O) groups excluding carboxylic acids is 1. The molecule has 1 rings (SSSR count). The van der Waals surface area contributed by atoms with Crippen molar-refractivity contribution in [1.29, 1.82) is 0 Å². The molecule has 0 aliphatic rings. The van der Waals surface area contributed by atoms with Gasteiger partial charge in [0.25, 0.3) is 5.91 Å². The summed E-state index contributed by atoms with van der Waals surface area (Å²) < 4.78 is 0. The number of nitrogens with zero attached hydrogens (tertiary/aromatic N) is 1. The summed E-state index contributed by atoms with van der Waals surface area (Å²) in [5.74, 6) is 0.189. The van der Waals surface area contributed by atoms with E-state index < -0.39 is 0 Å². The minimum absolute atomic E-state index is 0.116. The van der Waals surface area contributed by atoms with Crippen LogP contribution in [0.5, 0.6) is 0 Å². The van der Waals surface area contributed by atoms with Crippen LogP contribution < -0.4 is 16.4 Å². The van der Waals surface area contributed by atoms with Crippen molar-refractivity contribution in [2.24, 2.45) is 0 Å². The van der Waals surface area contributed by atoms with Crippen LogP contribution in [0.1, 0.15) is 49.7 Å². The van der Waals surface area contributed by atoms with Gasteiger partial charge in [-0.3, -0.25) is 4.79 Å². The third kappa shape index (κ3) is 3.87. The second-order valence-electron chi connectivity index (χ2n) is 4.13. The first kappa shape index (κ1) is 14.8. The minimum Gasteiger partial charge on any atom is -0.382 e. The van der Waals surface area contributed by atoms with Gasteiger partial charge in [0.05, 0.1) is 0 Å². The molecule has 4 N–H and O–H groups in total. The maximum Gasteiger partial charge on any atom is 0.265 e. The number of nitrogens with one attached hydrogen (secondary N) is 2. The molecule has 0 aliphatic heterocycles. The van der Waals surface area contributed by atoms with Crippen LogP contribution in [-0.4, -0.2) is 23.5 Å². The number of nitrogens with two attached hydrogens (primary N) is 1. The number of carbonyl (C=O) groups is 1. The molecule has 102 valence electrons. The summed E-state index contributed by atoms with van der Waals surface area (Å²) in [5.41, 5.74) is 5.76. The van der Waals surface area contributed by atoms with Gasteiger partial charge in [0, 0.05) is 12.6 Å². The van der Waals surface area contributed by atoms with Crippen molar-refractivity contribution < 1.29 is 4.79 Å². The van der Waals surface area contributed by atoms with E-state index in [1.165, 1.54) is 11.3 Å². The van der Waals surface area contributed by atoms with Gasteiger partial charge >= 0.3 is 0 Å². The zero-order valence-corrected chi connectivity index (χ0v) is 12.1. The number of aromatic nitrogens is 1. The predicted octanol–water partition coefficient (Wildman–Crippen LogP) is 2.47. The number of anilines is 2. The molecule has 0 bridgehead atoms. The van der Waals surface area contributed by atoms with Crippen molar-refractivity contribution in [3.8, 4) is 0 Å². The molecule has 0 saturated heterocycles. The van der Waals surface area contributed by atoms with Crippen molar-refractivity contribution >= 4 is 28.2 Å². The topological polar surface area (TPSA) is 80.0 Å². The lowest BCUT2D eigenvalue weighted by Gasteiger charge is -2.15. The van der Waals surface area contributed by atoms with Crippen LogP contribution in [0.15, 0.2) is 0 Å². The van der Waals surface area contributed by atoms with Gasteiger partial charge in [-0.25, -0.2) is 4.98 Å². The highest BCUT2D eigenvalue weighted by Gasteiger charge is 2.18. The zero-order valence-electron chi connectivity index (χ0n) is 11.2. The molecule has 0 saturated carbocycles. The van der Waals surface area contributed by atoms with Crippen molar-refractivity contribution in [2.45, 2.75) is 46.1 Å². The lowest BCUT2D eigenvalue weighted by Crippen LogP contribution is -2.34. The summed E-state index contributed by atoms with van der Waals surface area (Å²) in [6, 6.07) is 0.214. The van der Waals surface area contributed by atoms with Gasteiger partial charge in [-0.2, -0.15) is 0 Å². The summed E-state index contributed by atoms with van der Waals surface area (Å²) >= 11 is 1.30. The van der Waals surface area contributed by atoms with Gasteiger partial charge in [0.2, 0.25) is 0 Å². The van der Waals surface area contributed by atoms with Crippen molar-refractivity contribution in [1.82, 2.24) is 10.3 Å². The van der Waals surface area contributed by atoms with Crippen LogP contribution in [0.2, 0.25) is 0 Å². The fourth-order valence-corrected chi connectivity index (χ4v) is 2.55. The third-order valence-corrected chi connectivity index (χ3v) is 3.68. The van der Waals surface area contributed by atoms with E-state index in [1.54, 1.807) is 0 Å². The fourth-order valence-electron chi connectivity index (χ4n) is 1.70. The average Bonchev–Trinajstić information content (AvgIpc) is 2.70. The van der Waals surface area contributed by atoms with E-state index >= 15 is 0 Å². The maximum atomic E-state index is 12.1. The summed E-state index contributed by atoms with van der Waals surface area (Å²) in [4.78, 5) is 16.7. The highest BCUT2D eigenvalue weighted by molar-refractivity contribution is 7.18. The van der Waals surface area contributed by atoms with Gasteiger partial charge in [-0.05, 0) is 19.8 Å². The predicted molar refractivity (Wildman–Crippen MR) is 77.1 cm³/mol. The zero-order chi connectivity index (χ0) is 13.5. The number of amides is 1. The highest BCUT2D eigenvalue weighted by atomic mass is 32.1. The molecule has 1 aromatic heterocycles. The molecule has 5 nitrogen and oxygen atoms in total. The first-order chi connectivity index (χ1) is 8.62. The number of nitrogen functional groups attached to an aromatic ring is 1. The van der Waals surface area contributed by atoms with E-state index in [-0.39, 0.29) is 11.9 Å². The van der Waals surface area contributed by atoms with E-state index in [0.717, 1.165) is 25.8 Å². The Kier molecular flexibility index (Phi) is 5.91. The Morgan fingerprint density at radius 2 is 2.17 bits per heavy atom. The Bertz CT molecular complexity index is 391. The molecule has 1 heterocycles. The van der Waals surface area contributed by atoms with E-state index in [4.69, 9.17) is 5.73 Å². The minimum atomic E-state index is -0.116. The van der Waals surface area contributed by atoms with Crippen molar-refractivity contribution in [3.05, 3.63) is 4.88 Å². The van der Waals surface area contributed by atoms with Crippen molar-refractivity contribution in [3.63, 3.8) is 0 Å². The van der Waals surface area contributed by atoms with Crippen molar-refractivity contribution in [2.75, 3.05) is 17.6 Å². The average molecular weight is 270 g/mol. The number of hydrogen-bond acceptors (Lipinski definition) is 5. The Hall–Kier alpha value is -1.30. The smallest absolute Gasteiger partial charge is 0.265 e. The number of hydrogen-bond donors (Lipinski definition) is 3. The maximum absolute atomic E-state index is 12.1. The SMILES string of the molecule is CCCC(CC)NC(=O)c1sc(NCC)nc1N. The Morgan fingerprint density at radius 1 is 1.44 bits per heavy atom. The molecule has 18 heavy (non-hydrogen) atoms. The fraction of sp³-hybridized carbons (Fsp3) is 0.667. The summed E-state index contributed by atoms with van der Waals surface area (Å²) in [6.07, 6.45) is 2.97. The van der Waals surface area contributed by atoms with Crippen LogP contribution in [0.25, 0.3) is 0 Å². The second kappa shape index (κ2) is 7.20. The van der Waals surface area contributed by atoms with E-state index in [9.17, 15) is 4.79 Å². The summed E-state index contributed by atoms with van der Waals surface area (Å²) in [7, 11) is 0. The first-order valence-corrected chi connectivity index (χ1v) is 7.24. The molecule has 0 fully saturated rings. The quantitative estimate of drug-likeness (QED) is 0.711. The van der Waals surface area contributed by atoms with Crippen LogP contribution in [0.4, 0.5) is 10.9 Å². The molecule has 0 aliphatic carbocycles. The molecule has 1 aromatic rings. The number of thiazole rings is 1. The van der Waals surface area contributed by atoms with Gasteiger partial charge in [-0.15, -0.1) is 0 Å². The second-order valence-corrected chi connectivity index (χ2v) is 5.13. The number of rotatable bonds is 7. The standard InChI is InChI=1S/C12H22N4OS/c1-4-7-8(5-2)15-11(17)9-10(13)16-12(18-9)14-6-3/h8H,4-7,13H2,1-3H3,(H,14,16)(H,15,17). The molecule has 0 spiro atoms.